The summed E-state index contributed by atoms with van der Waals surface area (Å²) in [4.78, 5) is 4.73. The van der Waals surface area contributed by atoms with E-state index in [4.69, 9.17) is 16.6 Å². The van der Waals surface area contributed by atoms with Crippen molar-refractivity contribution in [3.8, 4) is 0 Å². The van der Waals surface area contributed by atoms with Crippen LogP contribution in [0, 0.1) is 12.7 Å². The van der Waals surface area contributed by atoms with Crippen molar-refractivity contribution in [3.05, 3.63) is 94.8 Å². The number of amidine groups is 1. The lowest BCUT2D eigenvalue weighted by molar-refractivity contribution is 0.584. The second kappa shape index (κ2) is 13.8. The van der Waals surface area contributed by atoms with E-state index in [0.29, 0.717) is 33.3 Å². The van der Waals surface area contributed by atoms with Crippen molar-refractivity contribution in [2.75, 3.05) is 0 Å². The zero-order chi connectivity index (χ0) is 25.1. The first kappa shape index (κ1) is 27.5. The van der Waals surface area contributed by atoms with Crippen LogP contribution < -0.4 is 16.0 Å². The van der Waals surface area contributed by atoms with Crippen LogP contribution in [-0.4, -0.2) is 12.1 Å². The van der Waals surface area contributed by atoms with E-state index < -0.39 is 6.17 Å². The van der Waals surface area contributed by atoms with Gasteiger partial charge in [-0.1, -0.05) is 82.1 Å². The molecule has 2 N–H and O–H groups in total. The van der Waals surface area contributed by atoms with E-state index in [9.17, 15) is 4.39 Å². The van der Waals surface area contributed by atoms with Gasteiger partial charge in [-0.3, -0.25) is 5.43 Å². The van der Waals surface area contributed by atoms with Gasteiger partial charge in [0.25, 0.3) is 0 Å². The summed E-state index contributed by atoms with van der Waals surface area (Å²) in [5, 5.41) is 8.64. The smallest absolute Gasteiger partial charge is 0.163 e. The van der Waals surface area contributed by atoms with E-state index in [1.807, 2.05) is 24.3 Å². The lowest BCUT2D eigenvalue weighted by Gasteiger charge is -2.19. The van der Waals surface area contributed by atoms with Crippen molar-refractivity contribution in [3.63, 3.8) is 0 Å². The third-order valence-corrected chi connectivity index (χ3v) is 5.76. The van der Waals surface area contributed by atoms with Gasteiger partial charge in [0.15, 0.2) is 6.17 Å². The Balaban J connectivity index is 0.000000739. The standard InChI is InChI=1S/C22H21ClFN4P.C5H12/c1-13-7-6-10-25-28-22(17-8-4-5-9-19(17)23)27-21(13)26-15(3)18-11-16(29)12-20(24)14(18)2;1-3-5-4-2/h4-12,22,28H,1,3,29H2,2H3,(H,26,27);3-5H2,1-2H3/b7-6-,25-10-;. The maximum atomic E-state index is 14.2. The molecular formula is C27H33ClFN4P. The second-order valence-electron chi connectivity index (χ2n) is 7.83. The maximum Gasteiger partial charge on any atom is 0.163 e. The minimum Gasteiger partial charge on any atom is -0.340 e. The molecule has 0 spiro atoms. The molecule has 7 heteroatoms. The molecule has 0 saturated heterocycles. The normalized spacial score (nSPS) is 18.6. The van der Waals surface area contributed by atoms with Crippen LogP contribution in [0.1, 0.15) is 56.0 Å². The van der Waals surface area contributed by atoms with Crippen LogP contribution in [0.5, 0.6) is 0 Å². The molecule has 180 valence electrons. The quantitative estimate of drug-likeness (QED) is 0.443. The number of benzene rings is 2. The first-order chi connectivity index (χ1) is 16.3. The average Bonchev–Trinajstić information content (AvgIpc) is 2.88. The van der Waals surface area contributed by atoms with Crippen LogP contribution in [-0.2, 0) is 0 Å². The zero-order valence-electron chi connectivity index (χ0n) is 20.0. The van der Waals surface area contributed by atoms with Gasteiger partial charge in [0.2, 0.25) is 0 Å². The van der Waals surface area contributed by atoms with Crippen LogP contribution in [0.2, 0.25) is 5.02 Å². The van der Waals surface area contributed by atoms with E-state index in [2.05, 4.69) is 52.1 Å². The highest BCUT2D eigenvalue weighted by Crippen LogP contribution is 2.25. The van der Waals surface area contributed by atoms with E-state index in [1.54, 1.807) is 31.4 Å². The molecule has 2 unspecified atom stereocenters. The van der Waals surface area contributed by atoms with Gasteiger partial charge in [-0.15, -0.1) is 9.24 Å². The van der Waals surface area contributed by atoms with Gasteiger partial charge in [-0.2, -0.15) is 5.10 Å². The topological polar surface area (TPSA) is 48.8 Å². The Labute approximate surface area is 210 Å². The number of hydrazone groups is 1. The summed E-state index contributed by atoms with van der Waals surface area (Å²) in [6, 6.07) is 10.7. The molecule has 0 aliphatic carbocycles. The zero-order valence-corrected chi connectivity index (χ0v) is 21.9. The fraction of sp³-hybridized carbons (Fsp3) is 0.259. The van der Waals surface area contributed by atoms with Crippen molar-refractivity contribution in [2.45, 2.75) is 46.2 Å². The fourth-order valence-corrected chi connectivity index (χ4v) is 3.71. The SMILES string of the molecule is C=C1/C=C\C=N/NC(c2ccccc2Cl)/N=C\1NC(=C)c1cc(P)cc(F)c1C.CCCCC. The summed E-state index contributed by atoms with van der Waals surface area (Å²) in [5.74, 6) is 0.178. The largest absolute Gasteiger partial charge is 0.340 e. The number of hydrogen-bond acceptors (Lipinski definition) is 4. The summed E-state index contributed by atoms with van der Waals surface area (Å²) < 4.78 is 14.2. The predicted molar refractivity (Wildman–Crippen MR) is 149 cm³/mol. The van der Waals surface area contributed by atoms with Crippen LogP contribution in [0.3, 0.4) is 0 Å². The van der Waals surface area contributed by atoms with Gasteiger partial charge in [-0.05, 0) is 42.1 Å². The highest BCUT2D eigenvalue weighted by atomic mass is 35.5. The van der Waals surface area contributed by atoms with Gasteiger partial charge in [0.05, 0.1) is 0 Å². The van der Waals surface area contributed by atoms with Crippen LogP contribution in [0.15, 0.2) is 77.4 Å². The molecule has 0 fully saturated rings. The van der Waals surface area contributed by atoms with Crippen molar-refractivity contribution in [1.82, 2.24) is 10.7 Å². The Morgan fingerprint density at radius 3 is 2.59 bits per heavy atom. The van der Waals surface area contributed by atoms with Crippen molar-refractivity contribution in [1.29, 1.82) is 0 Å². The number of nitrogens with zero attached hydrogens (tertiary/aromatic N) is 2. The Kier molecular flexibility index (Phi) is 11.2. The molecule has 0 amide bonds. The van der Waals surface area contributed by atoms with Crippen LogP contribution in [0.25, 0.3) is 5.70 Å². The lowest BCUT2D eigenvalue weighted by atomic mass is 10.1. The molecule has 1 aliphatic heterocycles. The van der Waals surface area contributed by atoms with Crippen molar-refractivity contribution in [2.24, 2.45) is 10.1 Å². The number of halogens is 2. The van der Waals surface area contributed by atoms with Crippen LogP contribution >= 0.6 is 20.8 Å². The van der Waals surface area contributed by atoms with Crippen LogP contribution in [0.4, 0.5) is 4.39 Å². The minimum atomic E-state index is -0.544. The molecule has 2 aromatic rings. The van der Waals surface area contributed by atoms with E-state index in [1.165, 1.54) is 25.3 Å². The molecule has 0 aromatic heterocycles. The Morgan fingerprint density at radius 1 is 1.24 bits per heavy atom. The van der Waals surface area contributed by atoms with E-state index in [0.717, 1.165) is 10.9 Å². The Hall–Kier alpha value is -2.75. The first-order valence-electron chi connectivity index (χ1n) is 11.3. The predicted octanol–water partition coefficient (Wildman–Crippen LogP) is 6.84. The summed E-state index contributed by atoms with van der Waals surface area (Å²) >= 11 is 6.35. The van der Waals surface area contributed by atoms with Gasteiger partial charge in [-0.25, -0.2) is 9.38 Å². The number of hydrogen-bond donors (Lipinski definition) is 2. The number of aliphatic imine (C=N–C) groups is 1. The number of unbranched alkanes of at least 4 members (excludes halogenated alkanes) is 2. The maximum absolute atomic E-state index is 14.2. The number of nitrogens with one attached hydrogen (secondary N) is 2. The molecule has 1 heterocycles. The van der Waals surface area contributed by atoms with Crippen molar-refractivity contribution < 1.29 is 4.39 Å². The number of rotatable bonds is 5. The Bertz CT molecular complexity index is 1110. The molecule has 4 nitrogen and oxygen atoms in total. The van der Waals surface area contributed by atoms with Gasteiger partial charge in [0.1, 0.15) is 11.7 Å². The third kappa shape index (κ3) is 7.93. The van der Waals surface area contributed by atoms with Gasteiger partial charge >= 0.3 is 0 Å². The molecule has 1 aliphatic rings. The fourth-order valence-electron chi connectivity index (χ4n) is 3.16. The lowest BCUT2D eigenvalue weighted by Crippen LogP contribution is -2.26. The van der Waals surface area contributed by atoms with E-state index in [-0.39, 0.29) is 5.82 Å². The van der Waals surface area contributed by atoms with Crippen molar-refractivity contribution >= 4 is 43.9 Å². The third-order valence-electron chi connectivity index (χ3n) is 5.09. The second-order valence-corrected chi connectivity index (χ2v) is 8.90. The Morgan fingerprint density at radius 2 is 1.94 bits per heavy atom. The molecular weight excluding hydrogens is 466 g/mol. The molecule has 2 aromatic carbocycles. The minimum absolute atomic E-state index is 0.297. The highest BCUT2D eigenvalue weighted by molar-refractivity contribution is 7.27. The summed E-state index contributed by atoms with van der Waals surface area (Å²) in [7, 11) is 2.50. The first-order valence-corrected chi connectivity index (χ1v) is 12.2. The molecule has 0 saturated carbocycles. The highest BCUT2D eigenvalue weighted by Gasteiger charge is 2.17. The molecule has 0 bridgehead atoms. The summed E-state index contributed by atoms with van der Waals surface area (Å²) in [6.45, 7) is 14.3. The number of allylic oxidation sites excluding steroid dienone is 1. The monoisotopic (exact) mass is 498 g/mol. The average molecular weight is 499 g/mol. The molecule has 34 heavy (non-hydrogen) atoms. The molecule has 2 atom stereocenters. The van der Waals surface area contributed by atoms with E-state index >= 15 is 0 Å². The van der Waals surface area contributed by atoms with Gasteiger partial charge in [0, 0.05) is 33.6 Å². The van der Waals surface area contributed by atoms with Gasteiger partial charge < -0.3 is 5.32 Å². The summed E-state index contributed by atoms with van der Waals surface area (Å²) in [6.07, 6.45) is 8.67. The molecule has 0 radical (unpaired) electrons. The molecule has 3 rings (SSSR count). The summed E-state index contributed by atoms with van der Waals surface area (Å²) in [5.41, 5.74) is 6.05.